The molecule has 0 aliphatic carbocycles. The molecule has 0 saturated heterocycles. The molecule has 2 N–H and O–H groups in total. The Morgan fingerprint density at radius 1 is 1.36 bits per heavy atom. The van der Waals surface area contributed by atoms with Crippen molar-refractivity contribution in [2.75, 3.05) is 5.73 Å². The second-order valence-corrected chi connectivity index (χ2v) is 3.24. The predicted molar refractivity (Wildman–Crippen MR) is 54.9 cm³/mol. The topological polar surface area (TPSA) is 52.0 Å². The number of benzene rings is 1. The molecular formula is C11H12N2O. The molecule has 0 radical (unpaired) electrons. The summed E-state index contributed by atoms with van der Waals surface area (Å²) >= 11 is 0. The molecule has 0 aliphatic heterocycles. The molecule has 0 amide bonds. The van der Waals surface area contributed by atoms with Gasteiger partial charge in [0.15, 0.2) is 6.39 Å². The van der Waals surface area contributed by atoms with E-state index in [1.165, 1.54) is 6.39 Å². The zero-order valence-corrected chi connectivity index (χ0v) is 8.03. The van der Waals surface area contributed by atoms with E-state index < -0.39 is 0 Å². The number of nitrogen functional groups attached to an aromatic ring is 1. The highest BCUT2D eigenvalue weighted by Gasteiger charge is 2.06. The summed E-state index contributed by atoms with van der Waals surface area (Å²) in [6.45, 7) is 1.93. The van der Waals surface area contributed by atoms with E-state index in [0.717, 1.165) is 22.7 Å². The minimum absolute atomic E-state index is 0.707. The molecule has 3 heteroatoms. The van der Waals surface area contributed by atoms with E-state index in [2.05, 4.69) is 4.98 Å². The first-order valence-electron chi connectivity index (χ1n) is 4.49. The lowest BCUT2D eigenvalue weighted by atomic mass is 10.1. The summed E-state index contributed by atoms with van der Waals surface area (Å²) < 4.78 is 5.26. The van der Waals surface area contributed by atoms with Crippen LogP contribution in [-0.2, 0) is 6.42 Å². The molecule has 14 heavy (non-hydrogen) atoms. The van der Waals surface area contributed by atoms with E-state index in [-0.39, 0.29) is 0 Å². The van der Waals surface area contributed by atoms with E-state index in [9.17, 15) is 0 Å². The number of hydrogen-bond acceptors (Lipinski definition) is 3. The summed E-state index contributed by atoms with van der Waals surface area (Å²) in [4.78, 5) is 4.03. The Morgan fingerprint density at radius 3 is 2.79 bits per heavy atom. The van der Waals surface area contributed by atoms with Gasteiger partial charge in [0.2, 0.25) is 0 Å². The maximum atomic E-state index is 5.83. The molecule has 0 atom stereocenters. The van der Waals surface area contributed by atoms with Gasteiger partial charge in [0, 0.05) is 12.1 Å². The highest BCUT2D eigenvalue weighted by atomic mass is 16.3. The van der Waals surface area contributed by atoms with Crippen LogP contribution < -0.4 is 5.73 Å². The SMILES string of the molecule is Cc1ncoc1Cc1ccccc1N. The van der Waals surface area contributed by atoms with Crippen molar-refractivity contribution < 1.29 is 4.42 Å². The van der Waals surface area contributed by atoms with Crippen molar-refractivity contribution in [2.24, 2.45) is 0 Å². The summed E-state index contributed by atoms with van der Waals surface area (Å²) in [5, 5.41) is 0. The Bertz CT molecular complexity index is 434. The Balaban J connectivity index is 2.28. The van der Waals surface area contributed by atoms with Gasteiger partial charge in [-0.3, -0.25) is 0 Å². The molecule has 1 aromatic carbocycles. The van der Waals surface area contributed by atoms with Crippen LogP contribution in [0.4, 0.5) is 5.69 Å². The van der Waals surface area contributed by atoms with Gasteiger partial charge >= 0.3 is 0 Å². The van der Waals surface area contributed by atoms with Crippen LogP contribution in [0.15, 0.2) is 35.1 Å². The lowest BCUT2D eigenvalue weighted by Gasteiger charge is -2.02. The Morgan fingerprint density at radius 2 is 2.14 bits per heavy atom. The molecule has 72 valence electrons. The average molecular weight is 188 g/mol. The van der Waals surface area contributed by atoms with E-state index >= 15 is 0 Å². The lowest BCUT2D eigenvalue weighted by molar-refractivity contribution is 0.513. The van der Waals surface area contributed by atoms with E-state index in [1.54, 1.807) is 0 Å². The first-order valence-corrected chi connectivity index (χ1v) is 4.49. The second kappa shape index (κ2) is 3.54. The van der Waals surface area contributed by atoms with Crippen LogP contribution in [0.3, 0.4) is 0 Å². The standard InChI is InChI=1S/C11H12N2O/c1-8-11(14-7-13-8)6-9-4-2-3-5-10(9)12/h2-5,7H,6,12H2,1H3. The molecule has 2 rings (SSSR count). The van der Waals surface area contributed by atoms with Crippen molar-refractivity contribution in [3.63, 3.8) is 0 Å². The van der Waals surface area contributed by atoms with Crippen LogP contribution in [0.25, 0.3) is 0 Å². The quantitative estimate of drug-likeness (QED) is 0.735. The maximum Gasteiger partial charge on any atom is 0.181 e. The average Bonchev–Trinajstić information content (AvgIpc) is 2.56. The third-order valence-electron chi connectivity index (χ3n) is 2.25. The molecule has 0 fully saturated rings. The molecular weight excluding hydrogens is 176 g/mol. The molecule has 0 spiro atoms. The van der Waals surface area contributed by atoms with Crippen LogP contribution in [-0.4, -0.2) is 4.98 Å². The zero-order valence-electron chi connectivity index (χ0n) is 8.03. The molecule has 2 aromatic rings. The minimum atomic E-state index is 0.707. The number of para-hydroxylation sites is 1. The van der Waals surface area contributed by atoms with Gasteiger partial charge in [-0.05, 0) is 18.6 Å². The normalized spacial score (nSPS) is 10.4. The Labute approximate surface area is 82.6 Å². The summed E-state index contributed by atoms with van der Waals surface area (Å²) in [6.07, 6.45) is 2.17. The van der Waals surface area contributed by atoms with Crippen LogP contribution >= 0.6 is 0 Å². The highest BCUT2D eigenvalue weighted by molar-refractivity contribution is 5.47. The smallest absolute Gasteiger partial charge is 0.181 e. The van der Waals surface area contributed by atoms with Gasteiger partial charge in [-0.25, -0.2) is 4.98 Å². The number of aromatic nitrogens is 1. The molecule has 1 aromatic heterocycles. The van der Waals surface area contributed by atoms with E-state index in [1.807, 2.05) is 31.2 Å². The van der Waals surface area contributed by atoms with Gasteiger partial charge < -0.3 is 10.2 Å². The van der Waals surface area contributed by atoms with Crippen molar-refractivity contribution in [1.82, 2.24) is 4.98 Å². The zero-order chi connectivity index (χ0) is 9.97. The monoisotopic (exact) mass is 188 g/mol. The Hall–Kier alpha value is -1.77. The number of aryl methyl sites for hydroxylation is 1. The number of oxazole rings is 1. The van der Waals surface area contributed by atoms with Gasteiger partial charge in [0.05, 0.1) is 5.69 Å². The fraction of sp³-hybridized carbons (Fsp3) is 0.182. The van der Waals surface area contributed by atoms with Crippen LogP contribution in [0.2, 0.25) is 0 Å². The van der Waals surface area contributed by atoms with Crippen molar-refractivity contribution in [3.05, 3.63) is 47.7 Å². The molecule has 3 nitrogen and oxygen atoms in total. The van der Waals surface area contributed by atoms with Gasteiger partial charge in [0.25, 0.3) is 0 Å². The van der Waals surface area contributed by atoms with Crippen molar-refractivity contribution in [2.45, 2.75) is 13.3 Å². The highest BCUT2D eigenvalue weighted by Crippen LogP contribution is 2.17. The fourth-order valence-electron chi connectivity index (χ4n) is 1.36. The summed E-state index contributed by atoms with van der Waals surface area (Å²) in [6, 6.07) is 7.78. The summed E-state index contributed by atoms with van der Waals surface area (Å²) in [7, 11) is 0. The number of hydrogen-bond donors (Lipinski definition) is 1. The lowest BCUT2D eigenvalue weighted by Crippen LogP contribution is -1.95. The van der Waals surface area contributed by atoms with Crippen LogP contribution in [0.5, 0.6) is 0 Å². The maximum absolute atomic E-state index is 5.83. The van der Waals surface area contributed by atoms with Gasteiger partial charge in [0.1, 0.15) is 5.76 Å². The first kappa shape index (κ1) is 8.81. The van der Waals surface area contributed by atoms with E-state index in [0.29, 0.717) is 6.42 Å². The number of anilines is 1. The second-order valence-electron chi connectivity index (χ2n) is 3.24. The van der Waals surface area contributed by atoms with Crippen molar-refractivity contribution in [3.8, 4) is 0 Å². The van der Waals surface area contributed by atoms with Crippen molar-refractivity contribution in [1.29, 1.82) is 0 Å². The third kappa shape index (κ3) is 1.62. The number of rotatable bonds is 2. The third-order valence-corrected chi connectivity index (χ3v) is 2.25. The summed E-state index contributed by atoms with van der Waals surface area (Å²) in [5.74, 6) is 0.878. The molecule has 0 saturated carbocycles. The van der Waals surface area contributed by atoms with Crippen LogP contribution in [0, 0.1) is 6.92 Å². The molecule has 0 bridgehead atoms. The van der Waals surface area contributed by atoms with Gasteiger partial charge in [-0.1, -0.05) is 18.2 Å². The van der Waals surface area contributed by atoms with Crippen molar-refractivity contribution >= 4 is 5.69 Å². The van der Waals surface area contributed by atoms with E-state index in [4.69, 9.17) is 10.2 Å². The first-order chi connectivity index (χ1) is 6.77. The molecule has 0 aliphatic rings. The molecule has 1 heterocycles. The van der Waals surface area contributed by atoms with Gasteiger partial charge in [-0.15, -0.1) is 0 Å². The minimum Gasteiger partial charge on any atom is -0.448 e. The molecule has 0 unspecified atom stereocenters. The van der Waals surface area contributed by atoms with Crippen LogP contribution in [0.1, 0.15) is 17.0 Å². The number of nitrogens with zero attached hydrogens (tertiary/aromatic N) is 1. The number of nitrogens with two attached hydrogens (primary N) is 1. The summed E-state index contributed by atoms with van der Waals surface area (Å²) in [5.41, 5.74) is 8.62. The Kier molecular flexibility index (Phi) is 2.23. The van der Waals surface area contributed by atoms with Gasteiger partial charge in [-0.2, -0.15) is 0 Å². The fourth-order valence-corrected chi connectivity index (χ4v) is 1.36. The predicted octanol–water partition coefficient (Wildman–Crippen LogP) is 2.16. The largest absolute Gasteiger partial charge is 0.448 e.